The van der Waals surface area contributed by atoms with E-state index >= 15 is 0 Å². The third-order valence-corrected chi connectivity index (χ3v) is 4.89. The number of nitrogens with zero attached hydrogens (tertiary/aromatic N) is 3. The number of fused-ring (bicyclic) bond motifs is 1. The first kappa shape index (κ1) is 16.5. The lowest BCUT2D eigenvalue weighted by atomic mass is 10.2. The molecule has 2 heterocycles. The molecule has 2 aromatic carbocycles. The van der Waals surface area contributed by atoms with Crippen LogP contribution in [0.4, 0.5) is 0 Å². The summed E-state index contributed by atoms with van der Waals surface area (Å²) in [7, 11) is 1.94. The van der Waals surface area contributed by atoms with E-state index in [9.17, 15) is 4.79 Å². The van der Waals surface area contributed by atoms with E-state index in [1.165, 1.54) is 0 Å². The molecule has 5 nitrogen and oxygen atoms in total. The summed E-state index contributed by atoms with van der Waals surface area (Å²) >= 11 is 1.16. The van der Waals surface area contributed by atoms with Gasteiger partial charge in [-0.15, -0.1) is 0 Å². The summed E-state index contributed by atoms with van der Waals surface area (Å²) in [4.78, 5) is 17.2. The molecule has 0 spiro atoms. The van der Waals surface area contributed by atoms with Crippen LogP contribution in [0.3, 0.4) is 0 Å². The van der Waals surface area contributed by atoms with Crippen molar-refractivity contribution in [2.24, 2.45) is 7.05 Å². The molecule has 0 radical (unpaired) electrons. The summed E-state index contributed by atoms with van der Waals surface area (Å²) in [6, 6.07) is 19.2. The molecule has 0 aliphatic carbocycles. The van der Waals surface area contributed by atoms with Crippen molar-refractivity contribution in [3.05, 3.63) is 73.1 Å². The first-order valence-corrected chi connectivity index (χ1v) is 9.01. The fraction of sp³-hybridized carbons (Fsp3) is 0.100. The Morgan fingerprint density at radius 1 is 1.04 bits per heavy atom. The van der Waals surface area contributed by atoms with Crippen LogP contribution in [-0.2, 0) is 11.8 Å². The molecule has 0 amide bonds. The van der Waals surface area contributed by atoms with Crippen molar-refractivity contribution in [1.82, 2.24) is 14.0 Å². The summed E-state index contributed by atoms with van der Waals surface area (Å²) in [6.07, 6.45) is 3.84. The molecule has 0 bridgehead atoms. The van der Waals surface area contributed by atoms with Gasteiger partial charge in [-0.25, -0.2) is 4.98 Å². The number of aryl methyl sites for hydroxylation is 1. The van der Waals surface area contributed by atoms with Crippen LogP contribution in [-0.4, -0.2) is 25.7 Å². The SMILES string of the molecule is Cn1ccn2c(SC(=O)COc3ccccc3)c(-c3ccccc3)nc12. The van der Waals surface area contributed by atoms with Crippen LogP contribution in [0.5, 0.6) is 5.75 Å². The number of carbonyl (C=O) groups excluding carboxylic acids is 1. The molecule has 0 fully saturated rings. The monoisotopic (exact) mass is 363 g/mol. The van der Waals surface area contributed by atoms with E-state index in [2.05, 4.69) is 0 Å². The number of thioether (sulfide) groups is 1. The Kier molecular flexibility index (Phi) is 4.50. The van der Waals surface area contributed by atoms with E-state index in [-0.39, 0.29) is 11.7 Å². The summed E-state index contributed by atoms with van der Waals surface area (Å²) in [5.41, 5.74) is 1.78. The standard InChI is InChI=1S/C20H17N3O2S/c1-22-12-13-23-19(18(21-20(22)23)15-8-4-2-5-9-15)26-17(24)14-25-16-10-6-3-7-11-16/h2-13H,14H2,1H3. The Morgan fingerprint density at radius 2 is 1.73 bits per heavy atom. The number of hydrogen-bond donors (Lipinski definition) is 0. The molecule has 26 heavy (non-hydrogen) atoms. The van der Waals surface area contributed by atoms with Crippen LogP contribution in [0, 0.1) is 0 Å². The normalized spacial score (nSPS) is 11.0. The maximum absolute atomic E-state index is 12.5. The van der Waals surface area contributed by atoms with Crippen molar-refractivity contribution in [2.45, 2.75) is 5.03 Å². The number of imidazole rings is 2. The number of benzene rings is 2. The van der Waals surface area contributed by atoms with Gasteiger partial charge in [0.05, 0.1) is 0 Å². The third kappa shape index (κ3) is 3.23. The fourth-order valence-corrected chi connectivity index (χ4v) is 3.54. The van der Waals surface area contributed by atoms with Crippen LogP contribution in [0.25, 0.3) is 17.0 Å². The van der Waals surface area contributed by atoms with Gasteiger partial charge >= 0.3 is 0 Å². The predicted molar refractivity (Wildman–Crippen MR) is 102 cm³/mol. The lowest BCUT2D eigenvalue weighted by molar-refractivity contribution is -0.112. The van der Waals surface area contributed by atoms with E-state index in [0.717, 1.165) is 33.8 Å². The number of para-hydroxylation sites is 1. The van der Waals surface area contributed by atoms with Gasteiger partial charge < -0.3 is 9.30 Å². The molecule has 0 unspecified atom stereocenters. The van der Waals surface area contributed by atoms with Gasteiger partial charge in [-0.2, -0.15) is 0 Å². The minimum Gasteiger partial charge on any atom is -0.485 e. The van der Waals surface area contributed by atoms with E-state index in [1.807, 2.05) is 89.1 Å². The second-order valence-corrected chi connectivity index (χ2v) is 6.83. The van der Waals surface area contributed by atoms with Crippen LogP contribution in [0.15, 0.2) is 78.1 Å². The van der Waals surface area contributed by atoms with Gasteiger partial charge in [-0.1, -0.05) is 48.5 Å². The van der Waals surface area contributed by atoms with Crippen molar-refractivity contribution >= 4 is 22.7 Å². The maximum atomic E-state index is 12.5. The quantitative estimate of drug-likeness (QED) is 0.502. The Hall–Kier alpha value is -2.99. The van der Waals surface area contributed by atoms with Gasteiger partial charge in [0.1, 0.15) is 16.5 Å². The van der Waals surface area contributed by atoms with Crippen molar-refractivity contribution in [1.29, 1.82) is 0 Å². The molecule has 6 heteroatoms. The zero-order chi connectivity index (χ0) is 17.9. The van der Waals surface area contributed by atoms with E-state index < -0.39 is 0 Å². The lowest BCUT2D eigenvalue weighted by Crippen LogP contribution is -2.07. The average Bonchev–Trinajstić information content (AvgIpc) is 3.22. The van der Waals surface area contributed by atoms with Gasteiger partial charge in [-0.3, -0.25) is 9.20 Å². The van der Waals surface area contributed by atoms with Gasteiger partial charge in [-0.05, 0) is 23.9 Å². The third-order valence-electron chi connectivity index (χ3n) is 3.96. The van der Waals surface area contributed by atoms with Crippen molar-refractivity contribution in [3.63, 3.8) is 0 Å². The lowest BCUT2D eigenvalue weighted by Gasteiger charge is -2.06. The summed E-state index contributed by atoms with van der Waals surface area (Å²) < 4.78 is 9.44. The molecule has 0 saturated heterocycles. The van der Waals surface area contributed by atoms with E-state index in [4.69, 9.17) is 9.72 Å². The molecule has 0 N–H and O–H groups in total. The van der Waals surface area contributed by atoms with Gasteiger partial charge in [0.2, 0.25) is 10.9 Å². The molecule has 4 aromatic rings. The first-order chi connectivity index (χ1) is 12.7. The van der Waals surface area contributed by atoms with Crippen LogP contribution >= 0.6 is 11.8 Å². The van der Waals surface area contributed by atoms with Crippen molar-refractivity contribution in [2.75, 3.05) is 6.61 Å². The molecular formula is C20H17N3O2S. The van der Waals surface area contributed by atoms with Crippen LogP contribution < -0.4 is 4.74 Å². The topological polar surface area (TPSA) is 48.5 Å². The molecule has 4 rings (SSSR count). The number of ether oxygens (including phenoxy) is 1. The highest BCUT2D eigenvalue weighted by Crippen LogP contribution is 2.32. The Balaban J connectivity index is 1.61. The first-order valence-electron chi connectivity index (χ1n) is 8.20. The summed E-state index contributed by atoms with van der Waals surface area (Å²) in [5.74, 6) is 1.48. The van der Waals surface area contributed by atoms with Crippen molar-refractivity contribution < 1.29 is 9.53 Å². The minimum atomic E-state index is -0.0725. The van der Waals surface area contributed by atoms with Crippen molar-refractivity contribution in [3.8, 4) is 17.0 Å². The average molecular weight is 363 g/mol. The molecular weight excluding hydrogens is 346 g/mol. The predicted octanol–water partition coefficient (Wildman–Crippen LogP) is 4.04. The summed E-state index contributed by atoms with van der Waals surface area (Å²) in [5, 5.41) is 0.727. The summed E-state index contributed by atoms with van der Waals surface area (Å²) in [6.45, 7) is 0.00295. The largest absolute Gasteiger partial charge is 0.485 e. The Labute approximate surface area is 155 Å². The number of aromatic nitrogens is 3. The molecule has 0 atom stereocenters. The highest BCUT2D eigenvalue weighted by Gasteiger charge is 2.19. The number of carbonyl (C=O) groups is 1. The molecule has 0 aliphatic rings. The van der Waals surface area contributed by atoms with Gasteiger partial charge in [0.25, 0.3) is 0 Å². The van der Waals surface area contributed by atoms with E-state index in [1.54, 1.807) is 0 Å². The Bertz CT molecular complexity index is 1040. The van der Waals surface area contributed by atoms with Gasteiger partial charge in [0, 0.05) is 25.0 Å². The smallest absolute Gasteiger partial charge is 0.232 e. The number of rotatable bonds is 5. The highest BCUT2D eigenvalue weighted by molar-refractivity contribution is 8.13. The maximum Gasteiger partial charge on any atom is 0.232 e. The van der Waals surface area contributed by atoms with Gasteiger partial charge in [0.15, 0.2) is 6.61 Å². The minimum absolute atomic E-state index is 0.00295. The van der Waals surface area contributed by atoms with Crippen LogP contribution in [0.2, 0.25) is 0 Å². The Morgan fingerprint density at radius 3 is 2.46 bits per heavy atom. The van der Waals surface area contributed by atoms with E-state index in [0.29, 0.717) is 5.75 Å². The highest BCUT2D eigenvalue weighted by atomic mass is 32.2. The number of hydrogen-bond acceptors (Lipinski definition) is 4. The molecule has 0 aliphatic heterocycles. The zero-order valence-corrected chi connectivity index (χ0v) is 15.0. The zero-order valence-electron chi connectivity index (χ0n) is 14.2. The second kappa shape index (κ2) is 7.09. The molecule has 0 saturated carbocycles. The fourth-order valence-electron chi connectivity index (χ4n) is 2.70. The second-order valence-electron chi connectivity index (χ2n) is 5.79. The van der Waals surface area contributed by atoms with Crippen LogP contribution in [0.1, 0.15) is 0 Å². The molecule has 2 aromatic heterocycles. The molecule has 130 valence electrons.